The van der Waals surface area contributed by atoms with Crippen LogP contribution in [0.4, 0.5) is 0 Å². The van der Waals surface area contributed by atoms with E-state index in [-0.39, 0.29) is 5.60 Å². The Bertz CT molecular complexity index is 327. The molecule has 1 saturated heterocycles. The van der Waals surface area contributed by atoms with E-state index in [1.165, 1.54) is 44.9 Å². The first-order chi connectivity index (χ1) is 8.42. The van der Waals surface area contributed by atoms with Gasteiger partial charge in [-0.3, -0.25) is 0 Å². The Labute approximate surface area is 113 Å². The van der Waals surface area contributed by atoms with E-state index in [1.807, 2.05) is 0 Å². The van der Waals surface area contributed by atoms with Crippen LogP contribution in [-0.2, 0) is 4.74 Å². The van der Waals surface area contributed by atoms with Crippen LogP contribution in [-0.4, -0.2) is 12.2 Å². The minimum Gasteiger partial charge on any atom is -0.374 e. The van der Waals surface area contributed by atoms with Crippen molar-refractivity contribution >= 4 is 0 Å². The minimum absolute atomic E-state index is 0.216. The van der Waals surface area contributed by atoms with Gasteiger partial charge < -0.3 is 4.74 Å². The summed E-state index contributed by atoms with van der Waals surface area (Å²) in [6.45, 7) is 11.0. The van der Waals surface area contributed by atoms with Crippen LogP contribution in [0.1, 0.15) is 72.6 Å². The topological polar surface area (TPSA) is 9.23 Å². The summed E-state index contributed by atoms with van der Waals surface area (Å²) in [7, 11) is 0. The molecule has 1 heterocycles. The second-order valence-corrected chi connectivity index (χ2v) is 8.13. The average molecular weight is 250 g/mol. The van der Waals surface area contributed by atoms with Crippen molar-refractivity contribution < 1.29 is 4.74 Å². The molecule has 2 saturated carbocycles. The molecule has 4 unspecified atom stereocenters. The molecule has 3 aliphatic rings. The lowest BCUT2D eigenvalue weighted by atomic mass is 9.44. The van der Waals surface area contributed by atoms with Gasteiger partial charge in [0.2, 0.25) is 0 Å². The lowest BCUT2D eigenvalue weighted by Gasteiger charge is -2.63. The van der Waals surface area contributed by atoms with Crippen molar-refractivity contribution in [3.05, 3.63) is 0 Å². The van der Waals surface area contributed by atoms with E-state index in [1.54, 1.807) is 0 Å². The van der Waals surface area contributed by atoms with Crippen LogP contribution in [0.5, 0.6) is 0 Å². The van der Waals surface area contributed by atoms with Crippen molar-refractivity contribution in [2.75, 3.05) is 6.61 Å². The van der Waals surface area contributed by atoms with Gasteiger partial charge in [-0.2, -0.15) is 0 Å². The number of rotatable bonds is 0. The fraction of sp³-hybridized carbons (Fsp3) is 1.00. The summed E-state index contributed by atoms with van der Waals surface area (Å²) in [5, 5.41) is 0. The maximum Gasteiger partial charge on any atom is 0.0764 e. The van der Waals surface area contributed by atoms with Crippen molar-refractivity contribution in [3.8, 4) is 0 Å². The Hall–Kier alpha value is -0.0400. The van der Waals surface area contributed by atoms with Crippen molar-refractivity contribution in [3.63, 3.8) is 0 Å². The molecule has 0 radical (unpaired) electrons. The van der Waals surface area contributed by atoms with Crippen LogP contribution >= 0.6 is 0 Å². The zero-order valence-electron chi connectivity index (χ0n) is 12.7. The summed E-state index contributed by atoms with van der Waals surface area (Å²) < 4.78 is 6.46. The highest BCUT2D eigenvalue weighted by molar-refractivity contribution is 5.12. The smallest absolute Gasteiger partial charge is 0.0764 e. The molecule has 4 atom stereocenters. The van der Waals surface area contributed by atoms with Gasteiger partial charge in [0, 0.05) is 12.0 Å². The molecule has 1 aliphatic heterocycles. The van der Waals surface area contributed by atoms with Crippen LogP contribution in [0.2, 0.25) is 0 Å². The molecule has 0 aromatic carbocycles. The van der Waals surface area contributed by atoms with Gasteiger partial charge in [0.25, 0.3) is 0 Å². The molecule has 0 N–H and O–H groups in total. The summed E-state index contributed by atoms with van der Waals surface area (Å²) in [5.74, 6) is 1.63. The first-order valence-electron chi connectivity index (χ1n) is 8.06. The predicted molar refractivity (Wildman–Crippen MR) is 75.5 cm³/mol. The maximum absolute atomic E-state index is 6.46. The van der Waals surface area contributed by atoms with Crippen molar-refractivity contribution in [1.29, 1.82) is 0 Å². The number of ether oxygens (including phenoxy) is 1. The molecule has 3 fully saturated rings. The second-order valence-electron chi connectivity index (χ2n) is 8.13. The molecule has 0 aromatic rings. The van der Waals surface area contributed by atoms with Crippen molar-refractivity contribution in [2.24, 2.45) is 22.7 Å². The standard InChI is InChI=1S/C17H30O/c1-13-7-8-14-15(2,3)9-5-10-16(14,4)17(13)11-6-12-18-17/h13-14H,5-12H2,1-4H3. The Kier molecular flexibility index (Phi) is 2.86. The van der Waals surface area contributed by atoms with Gasteiger partial charge in [0.15, 0.2) is 0 Å². The van der Waals surface area contributed by atoms with Gasteiger partial charge in [-0.05, 0) is 55.8 Å². The molecule has 18 heavy (non-hydrogen) atoms. The maximum atomic E-state index is 6.46. The first-order valence-corrected chi connectivity index (χ1v) is 8.06. The third kappa shape index (κ3) is 1.49. The van der Waals surface area contributed by atoms with E-state index in [9.17, 15) is 0 Å². The highest BCUT2D eigenvalue weighted by Gasteiger charge is 2.63. The Morgan fingerprint density at radius 3 is 2.39 bits per heavy atom. The van der Waals surface area contributed by atoms with Gasteiger partial charge >= 0.3 is 0 Å². The van der Waals surface area contributed by atoms with Gasteiger partial charge in [-0.15, -0.1) is 0 Å². The van der Waals surface area contributed by atoms with Crippen LogP contribution < -0.4 is 0 Å². The molecule has 3 rings (SSSR count). The molecule has 0 amide bonds. The Morgan fingerprint density at radius 1 is 0.944 bits per heavy atom. The summed E-state index contributed by atoms with van der Waals surface area (Å²) >= 11 is 0. The number of hydrogen-bond acceptors (Lipinski definition) is 1. The predicted octanol–water partition coefficient (Wildman–Crippen LogP) is 4.80. The summed E-state index contributed by atoms with van der Waals surface area (Å²) in [6, 6.07) is 0. The zero-order valence-corrected chi connectivity index (χ0v) is 12.7. The summed E-state index contributed by atoms with van der Waals surface area (Å²) in [5.41, 5.74) is 1.17. The van der Waals surface area contributed by atoms with Crippen molar-refractivity contribution in [2.45, 2.75) is 78.2 Å². The van der Waals surface area contributed by atoms with Gasteiger partial charge in [-0.1, -0.05) is 34.1 Å². The molecule has 104 valence electrons. The van der Waals surface area contributed by atoms with Crippen LogP contribution in [0.3, 0.4) is 0 Å². The second kappa shape index (κ2) is 3.98. The summed E-state index contributed by atoms with van der Waals surface area (Å²) in [4.78, 5) is 0. The fourth-order valence-electron chi connectivity index (χ4n) is 6.05. The van der Waals surface area contributed by atoms with E-state index in [0.717, 1.165) is 18.4 Å². The highest BCUT2D eigenvalue weighted by Crippen LogP contribution is 2.65. The third-order valence-corrected chi connectivity index (χ3v) is 6.93. The van der Waals surface area contributed by atoms with Gasteiger partial charge in [-0.25, -0.2) is 0 Å². The molecular formula is C17H30O. The largest absolute Gasteiger partial charge is 0.374 e. The quantitative estimate of drug-likeness (QED) is 0.600. The SMILES string of the molecule is CC1CCC2C(C)(C)CCCC2(C)C12CCCO2. The third-order valence-electron chi connectivity index (χ3n) is 6.93. The van der Waals surface area contributed by atoms with Crippen LogP contribution in [0, 0.1) is 22.7 Å². The van der Waals surface area contributed by atoms with Gasteiger partial charge in [0.05, 0.1) is 5.60 Å². The normalized spacial score (nSPS) is 51.3. The molecule has 1 spiro atoms. The molecular weight excluding hydrogens is 220 g/mol. The van der Waals surface area contributed by atoms with Gasteiger partial charge in [0.1, 0.15) is 0 Å². The zero-order chi connectivity index (χ0) is 13.0. The monoisotopic (exact) mass is 250 g/mol. The molecule has 0 aromatic heterocycles. The number of hydrogen-bond donors (Lipinski definition) is 0. The lowest BCUT2D eigenvalue weighted by Crippen LogP contribution is -2.61. The molecule has 0 bridgehead atoms. The van der Waals surface area contributed by atoms with E-state index >= 15 is 0 Å². The molecule has 1 heteroatoms. The Morgan fingerprint density at radius 2 is 1.72 bits per heavy atom. The van der Waals surface area contributed by atoms with E-state index in [0.29, 0.717) is 10.8 Å². The highest BCUT2D eigenvalue weighted by atomic mass is 16.5. The van der Waals surface area contributed by atoms with E-state index < -0.39 is 0 Å². The molecule has 2 aliphatic carbocycles. The van der Waals surface area contributed by atoms with Crippen molar-refractivity contribution in [1.82, 2.24) is 0 Å². The minimum atomic E-state index is 0.216. The first kappa shape index (κ1) is 13.0. The van der Waals surface area contributed by atoms with Crippen LogP contribution in [0.15, 0.2) is 0 Å². The summed E-state index contributed by atoms with van der Waals surface area (Å²) in [6.07, 6.45) is 9.62. The Balaban J connectivity index is 2.03. The van der Waals surface area contributed by atoms with E-state index in [4.69, 9.17) is 4.74 Å². The number of fused-ring (bicyclic) bond motifs is 2. The average Bonchev–Trinajstić information content (AvgIpc) is 2.76. The fourth-order valence-corrected chi connectivity index (χ4v) is 6.05. The van der Waals surface area contributed by atoms with Crippen LogP contribution in [0.25, 0.3) is 0 Å². The molecule has 1 nitrogen and oxygen atoms in total. The van der Waals surface area contributed by atoms with E-state index in [2.05, 4.69) is 27.7 Å². The lowest BCUT2D eigenvalue weighted by molar-refractivity contribution is -0.213.